The van der Waals surface area contributed by atoms with Crippen molar-refractivity contribution in [3.8, 4) is 0 Å². The van der Waals surface area contributed by atoms with Gasteiger partial charge in [0.1, 0.15) is 11.6 Å². The molecule has 0 saturated heterocycles. The molecule has 0 spiro atoms. The van der Waals surface area contributed by atoms with Gasteiger partial charge in [-0.15, -0.1) is 11.3 Å². The minimum Gasteiger partial charge on any atom is -0.384 e. The van der Waals surface area contributed by atoms with E-state index in [1.165, 1.54) is 0 Å². The number of nitrogen functional groups attached to an aromatic ring is 1. The van der Waals surface area contributed by atoms with Crippen LogP contribution in [0.4, 0.5) is 21.9 Å². The summed E-state index contributed by atoms with van der Waals surface area (Å²) >= 11 is 3.19. The molecule has 0 unspecified atom stereocenters. The van der Waals surface area contributed by atoms with Gasteiger partial charge in [0.25, 0.3) is 0 Å². The average molecular weight is 384 g/mol. The highest BCUT2D eigenvalue weighted by Crippen LogP contribution is 2.22. The fourth-order valence-electron chi connectivity index (χ4n) is 1.84. The normalized spacial score (nSPS) is 9.85. The first-order valence-electron chi connectivity index (χ1n) is 7.72. The molecular formula is C17H17N7S2. The van der Waals surface area contributed by atoms with Crippen molar-refractivity contribution in [2.45, 2.75) is 6.54 Å². The van der Waals surface area contributed by atoms with Crippen molar-refractivity contribution in [3.05, 3.63) is 71.4 Å². The van der Waals surface area contributed by atoms with E-state index in [0.29, 0.717) is 5.82 Å². The van der Waals surface area contributed by atoms with Crippen molar-refractivity contribution in [2.24, 2.45) is 0 Å². The molecule has 4 aromatic heterocycles. The lowest BCUT2D eigenvalue weighted by Crippen LogP contribution is -1.95. The van der Waals surface area contributed by atoms with Crippen LogP contribution in [0.25, 0.3) is 0 Å². The third kappa shape index (κ3) is 5.80. The lowest BCUT2D eigenvalue weighted by molar-refractivity contribution is 1.16. The quantitative estimate of drug-likeness (QED) is 0.478. The van der Waals surface area contributed by atoms with E-state index in [0.717, 1.165) is 27.5 Å². The monoisotopic (exact) mass is 383 g/mol. The summed E-state index contributed by atoms with van der Waals surface area (Å²) in [5.74, 6) is 1.37. The van der Waals surface area contributed by atoms with E-state index in [4.69, 9.17) is 5.73 Å². The molecule has 0 saturated carbocycles. The third-order valence-electron chi connectivity index (χ3n) is 2.99. The number of nitrogens with zero attached hydrogens (tertiary/aromatic N) is 4. The van der Waals surface area contributed by atoms with Crippen molar-refractivity contribution >= 4 is 44.6 Å². The lowest BCUT2D eigenvalue weighted by Gasteiger charge is -2.00. The Labute approximate surface area is 159 Å². The molecule has 4 rings (SSSR count). The Hall–Kier alpha value is -3.04. The molecule has 0 aliphatic carbocycles. The maximum absolute atomic E-state index is 5.25. The smallest absolute Gasteiger partial charge is 0.188 e. The Balaban J connectivity index is 0.000000236. The molecule has 4 N–H and O–H groups in total. The zero-order chi connectivity index (χ0) is 18.0. The van der Waals surface area contributed by atoms with Gasteiger partial charge in [-0.2, -0.15) is 0 Å². The van der Waals surface area contributed by atoms with Gasteiger partial charge in [0.15, 0.2) is 10.3 Å². The average Bonchev–Trinajstić information content (AvgIpc) is 3.34. The molecule has 0 amide bonds. The standard InChI is InChI=1S/C12H11N5S2.C5H6N2/c1-2-4-13-10(3-1)17-12-16-8-9(19-12)7-15-11-14-5-6-18-11;6-5-3-1-2-4-7-5/h1-6,8H,7H2,(H,14,15)(H,13,16,17);1-4H,(H2,6,7). The predicted octanol–water partition coefficient (Wildman–Crippen LogP) is 4.01. The van der Waals surface area contributed by atoms with E-state index >= 15 is 0 Å². The fourth-order valence-corrected chi connectivity index (χ4v) is 3.13. The van der Waals surface area contributed by atoms with Gasteiger partial charge in [-0.1, -0.05) is 23.5 Å². The van der Waals surface area contributed by atoms with Crippen LogP contribution in [-0.4, -0.2) is 19.9 Å². The van der Waals surface area contributed by atoms with E-state index < -0.39 is 0 Å². The maximum Gasteiger partial charge on any atom is 0.188 e. The first-order chi connectivity index (χ1) is 12.8. The Morgan fingerprint density at radius 1 is 0.885 bits per heavy atom. The molecule has 26 heavy (non-hydrogen) atoms. The van der Waals surface area contributed by atoms with E-state index in [2.05, 4.69) is 30.6 Å². The molecule has 7 nitrogen and oxygen atoms in total. The van der Waals surface area contributed by atoms with Crippen LogP contribution in [0.15, 0.2) is 66.6 Å². The van der Waals surface area contributed by atoms with Gasteiger partial charge in [0.2, 0.25) is 0 Å². The molecule has 0 bridgehead atoms. The molecule has 0 radical (unpaired) electrons. The van der Waals surface area contributed by atoms with Gasteiger partial charge in [-0.05, 0) is 24.3 Å². The first-order valence-corrected chi connectivity index (χ1v) is 9.42. The van der Waals surface area contributed by atoms with Crippen LogP contribution in [0.1, 0.15) is 4.88 Å². The van der Waals surface area contributed by atoms with E-state index in [-0.39, 0.29) is 0 Å². The Morgan fingerprint density at radius 2 is 1.73 bits per heavy atom. The third-order valence-corrected chi connectivity index (χ3v) is 4.63. The second-order valence-electron chi connectivity index (χ2n) is 4.92. The molecule has 0 aliphatic heterocycles. The van der Waals surface area contributed by atoms with Gasteiger partial charge in [0.05, 0.1) is 6.54 Å². The lowest BCUT2D eigenvalue weighted by atomic mass is 10.5. The summed E-state index contributed by atoms with van der Waals surface area (Å²) in [6.07, 6.45) is 7.06. The highest BCUT2D eigenvalue weighted by Gasteiger charge is 2.03. The molecule has 4 aromatic rings. The van der Waals surface area contributed by atoms with E-state index in [9.17, 15) is 0 Å². The van der Waals surface area contributed by atoms with Crippen LogP contribution in [0, 0.1) is 0 Å². The molecule has 9 heteroatoms. The van der Waals surface area contributed by atoms with Crippen LogP contribution in [0.2, 0.25) is 0 Å². The van der Waals surface area contributed by atoms with E-state index in [1.807, 2.05) is 41.9 Å². The predicted molar refractivity (Wildman–Crippen MR) is 108 cm³/mol. The minimum absolute atomic E-state index is 0.572. The van der Waals surface area contributed by atoms with Crippen molar-refractivity contribution in [1.82, 2.24) is 19.9 Å². The zero-order valence-electron chi connectivity index (χ0n) is 13.7. The molecule has 0 fully saturated rings. The van der Waals surface area contributed by atoms with Crippen LogP contribution < -0.4 is 16.4 Å². The Bertz CT molecular complexity index is 880. The summed E-state index contributed by atoms with van der Waals surface area (Å²) in [5, 5.41) is 10.1. The van der Waals surface area contributed by atoms with Gasteiger partial charge in [0, 0.05) is 35.0 Å². The largest absolute Gasteiger partial charge is 0.384 e. The summed E-state index contributed by atoms with van der Waals surface area (Å²) in [6, 6.07) is 11.2. The van der Waals surface area contributed by atoms with Gasteiger partial charge < -0.3 is 16.4 Å². The Morgan fingerprint density at radius 3 is 2.35 bits per heavy atom. The summed E-state index contributed by atoms with van der Waals surface area (Å²) < 4.78 is 0. The number of nitrogens with one attached hydrogen (secondary N) is 2. The summed E-state index contributed by atoms with van der Waals surface area (Å²) in [6.45, 7) is 0.731. The number of aromatic nitrogens is 4. The Kier molecular flexibility index (Phi) is 6.46. The van der Waals surface area contributed by atoms with Crippen molar-refractivity contribution in [2.75, 3.05) is 16.4 Å². The molecule has 0 atom stereocenters. The van der Waals surface area contributed by atoms with Gasteiger partial charge in [-0.3, -0.25) is 0 Å². The number of thiazole rings is 2. The fraction of sp³-hybridized carbons (Fsp3) is 0.0588. The number of hydrogen-bond donors (Lipinski definition) is 3. The van der Waals surface area contributed by atoms with Crippen LogP contribution >= 0.6 is 22.7 Å². The first kappa shape index (κ1) is 17.8. The number of nitrogens with two attached hydrogens (primary N) is 1. The van der Waals surface area contributed by atoms with Crippen molar-refractivity contribution in [1.29, 1.82) is 0 Å². The number of pyridine rings is 2. The summed E-state index contributed by atoms with van der Waals surface area (Å²) in [5.41, 5.74) is 5.25. The van der Waals surface area contributed by atoms with Crippen molar-refractivity contribution in [3.63, 3.8) is 0 Å². The maximum atomic E-state index is 5.25. The minimum atomic E-state index is 0.572. The molecular weight excluding hydrogens is 366 g/mol. The van der Waals surface area contributed by atoms with Crippen molar-refractivity contribution < 1.29 is 0 Å². The molecule has 132 valence electrons. The second-order valence-corrected chi connectivity index (χ2v) is 6.93. The number of hydrogen-bond acceptors (Lipinski definition) is 9. The zero-order valence-corrected chi connectivity index (χ0v) is 15.4. The number of rotatable bonds is 5. The SMILES string of the molecule is Nc1ccccn1.c1ccc(Nc2ncc(CNc3nccs3)s2)nc1. The van der Waals surface area contributed by atoms with Gasteiger partial charge >= 0.3 is 0 Å². The highest BCUT2D eigenvalue weighted by molar-refractivity contribution is 7.15. The van der Waals surface area contributed by atoms with E-state index in [1.54, 1.807) is 47.3 Å². The summed E-state index contributed by atoms with van der Waals surface area (Å²) in [7, 11) is 0. The molecule has 4 heterocycles. The van der Waals surface area contributed by atoms with Crippen LogP contribution in [0.3, 0.4) is 0 Å². The second kappa shape index (κ2) is 9.44. The highest BCUT2D eigenvalue weighted by atomic mass is 32.1. The van der Waals surface area contributed by atoms with Crippen LogP contribution in [0.5, 0.6) is 0 Å². The molecule has 0 aromatic carbocycles. The summed E-state index contributed by atoms with van der Waals surface area (Å²) in [4.78, 5) is 17.6. The number of anilines is 4. The molecule has 0 aliphatic rings. The van der Waals surface area contributed by atoms with Gasteiger partial charge in [-0.25, -0.2) is 19.9 Å². The topological polar surface area (TPSA) is 102 Å². The van der Waals surface area contributed by atoms with Crippen LogP contribution in [-0.2, 0) is 6.54 Å².